The zero-order chi connectivity index (χ0) is 3.54. The Bertz CT molecular complexity index is 27.4. The summed E-state index contributed by atoms with van der Waals surface area (Å²) in [5.74, 6) is 0. The summed E-state index contributed by atoms with van der Waals surface area (Å²) in [5, 5.41) is 0. The van der Waals surface area contributed by atoms with Gasteiger partial charge < -0.3 is 7.59 Å². The summed E-state index contributed by atoms with van der Waals surface area (Å²) >= 11 is 0. The molecule has 0 unspecified atom stereocenters. The van der Waals surface area contributed by atoms with Crippen molar-refractivity contribution in [3.8, 4) is 0 Å². The van der Waals surface area contributed by atoms with Crippen LogP contribution in [0, 0.1) is 0 Å². The molecule has 0 aliphatic carbocycles. The average molecular weight is 116 g/mol. The molecule has 0 aromatic rings. The van der Waals surface area contributed by atoms with Gasteiger partial charge in [0.25, 0.3) is 0 Å². The topological polar surface area (TPSA) is 9.23 Å². The molecule has 2 heteroatoms. The molecule has 1 aliphatic heterocycles. The first-order valence-corrected chi connectivity index (χ1v) is 2.08. The Morgan fingerprint density at radius 3 is 2.00 bits per heavy atom. The van der Waals surface area contributed by atoms with Crippen LogP contribution in [0.3, 0.4) is 0 Å². The summed E-state index contributed by atoms with van der Waals surface area (Å²) in [6.45, 7) is 2.00. The van der Waals surface area contributed by atoms with Crippen molar-refractivity contribution in [1.29, 1.82) is 0 Å². The summed E-state index contributed by atoms with van der Waals surface area (Å²) < 4.78 is 4.94. The second-order valence-corrected chi connectivity index (χ2v) is 1.32. The van der Waals surface area contributed by atoms with Crippen LogP contribution in [0.2, 0.25) is 0 Å². The molecule has 1 aliphatic rings. The Hall–Kier alpha value is 1.22. The molecule has 0 atom stereocenters. The normalized spacial score (nSPS) is 20.0. The van der Waals surface area contributed by atoms with Crippen LogP contribution >= 0.6 is 0 Å². The zero-order valence-electron chi connectivity index (χ0n) is 5.94. The van der Waals surface area contributed by atoms with E-state index in [2.05, 4.69) is 0 Å². The van der Waals surface area contributed by atoms with Crippen molar-refractivity contribution < 1.29 is 9.02 Å². The SMILES string of the molecule is C1CCOC1.[Ca+2].[H-].[H-].[HH]. The van der Waals surface area contributed by atoms with Gasteiger partial charge in [0.15, 0.2) is 0 Å². The van der Waals surface area contributed by atoms with E-state index in [0.717, 1.165) is 13.2 Å². The first-order valence-electron chi connectivity index (χ1n) is 2.08. The third-order valence-electron chi connectivity index (χ3n) is 0.827. The van der Waals surface area contributed by atoms with Gasteiger partial charge >= 0.3 is 37.7 Å². The molecule has 0 bridgehead atoms. The van der Waals surface area contributed by atoms with Gasteiger partial charge in [-0.2, -0.15) is 0 Å². The van der Waals surface area contributed by atoms with Gasteiger partial charge in [0.2, 0.25) is 0 Å². The number of hydrogen-bond acceptors (Lipinski definition) is 1. The Morgan fingerprint density at radius 2 is 1.83 bits per heavy atom. The molecule has 36 valence electrons. The molecule has 0 aromatic heterocycles. The van der Waals surface area contributed by atoms with E-state index in [1.54, 1.807) is 0 Å². The van der Waals surface area contributed by atoms with Crippen LogP contribution in [0.15, 0.2) is 0 Å². The van der Waals surface area contributed by atoms with Crippen LogP contribution in [0.5, 0.6) is 0 Å². The van der Waals surface area contributed by atoms with Crippen molar-refractivity contribution in [3.63, 3.8) is 0 Å². The first-order chi connectivity index (χ1) is 2.50. The van der Waals surface area contributed by atoms with E-state index in [0.29, 0.717) is 0 Å². The second kappa shape index (κ2) is 4.38. The fourth-order valence-electron chi connectivity index (χ4n) is 0.510. The summed E-state index contributed by atoms with van der Waals surface area (Å²) in [6.07, 6.45) is 2.56. The number of hydrogen-bond donors (Lipinski definition) is 0. The van der Waals surface area contributed by atoms with Crippen molar-refractivity contribution >= 4 is 37.7 Å². The molecule has 6 heavy (non-hydrogen) atoms. The number of ether oxygens (including phenoxy) is 1. The van der Waals surface area contributed by atoms with Crippen molar-refractivity contribution in [1.82, 2.24) is 0 Å². The largest absolute Gasteiger partial charge is 2.00 e. The quantitative estimate of drug-likeness (QED) is 0.427. The third-order valence-corrected chi connectivity index (χ3v) is 0.827. The van der Waals surface area contributed by atoms with Crippen LogP contribution in [-0.4, -0.2) is 51.0 Å². The maximum Gasteiger partial charge on any atom is 2.00 e. The molecule has 1 nitrogen and oxygen atoms in total. The van der Waals surface area contributed by atoms with Crippen molar-refractivity contribution in [2.24, 2.45) is 0 Å². The molecule has 0 saturated carbocycles. The Labute approximate surface area is 72.5 Å². The van der Waals surface area contributed by atoms with Gasteiger partial charge in [-0.1, -0.05) is 0 Å². The van der Waals surface area contributed by atoms with Crippen molar-refractivity contribution in [3.05, 3.63) is 0 Å². The smallest absolute Gasteiger partial charge is 1.00 e. The van der Waals surface area contributed by atoms with Gasteiger partial charge in [0.1, 0.15) is 0 Å². The van der Waals surface area contributed by atoms with E-state index >= 15 is 0 Å². The second-order valence-electron chi connectivity index (χ2n) is 1.32. The molecule has 1 rings (SSSR count). The monoisotopic (exact) mass is 116 g/mol. The van der Waals surface area contributed by atoms with E-state index in [1.165, 1.54) is 12.8 Å². The molecule has 1 fully saturated rings. The van der Waals surface area contributed by atoms with Crippen molar-refractivity contribution in [2.75, 3.05) is 13.2 Å². The summed E-state index contributed by atoms with van der Waals surface area (Å²) in [7, 11) is 0. The average Bonchev–Trinajstić information content (AvgIpc) is 1.76. The van der Waals surface area contributed by atoms with Gasteiger partial charge in [0, 0.05) is 14.6 Å². The summed E-state index contributed by atoms with van der Waals surface area (Å²) in [5.41, 5.74) is 0. The third kappa shape index (κ3) is 2.40. The molecule has 0 aromatic carbocycles. The van der Waals surface area contributed by atoms with Crippen molar-refractivity contribution in [2.45, 2.75) is 12.8 Å². The predicted molar refractivity (Wildman–Crippen MR) is 30.1 cm³/mol. The maximum atomic E-state index is 4.94. The van der Waals surface area contributed by atoms with Crippen LogP contribution in [0.1, 0.15) is 17.1 Å². The van der Waals surface area contributed by atoms with Crippen LogP contribution in [-0.2, 0) is 4.74 Å². The molecule has 0 radical (unpaired) electrons. The Kier molecular flexibility index (Phi) is 5.27. The van der Waals surface area contributed by atoms with Crippen LogP contribution in [0.25, 0.3) is 0 Å². The fourth-order valence-corrected chi connectivity index (χ4v) is 0.510. The molecular weight excluding hydrogens is 104 g/mol. The van der Waals surface area contributed by atoms with E-state index in [9.17, 15) is 0 Å². The standard InChI is InChI=1S/C4H8O.Ca.H2.2H/c1-2-4-5-3-1;;;;/h1-4H2;;1H;;/q;+2;;2*-1. The molecule has 0 N–H and O–H groups in total. The van der Waals surface area contributed by atoms with Gasteiger partial charge in [-0.3, -0.25) is 0 Å². The zero-order valence-corrected chi connectivity index (χ0v) is 6.15. The fraction of sp³-hybridized carbons (Fsp3) is 1.00. The summed E-state index contributed by atoms with van der Waals surface area (Å²) in [4.78, 5) is 0. The van der Waals surface area contributed by atoms with Gasteiger partial charge in [-0.25, -0.2) is 0 Å². The minimum absolute atomic E-state index is 0. The minimum atomic E-state index is 0. The Balaban J connectivity index is -0.0000000312. The van der Waals surface area contributed by atoms with Crippen LogP contribution in [0.4, 0.5) is 0 Å². The summed E-state index contributed by atoms with van der Waals surface area (Å²) in [6, 6.07) is 0. The molecule has 0 spiro atoms. The molecular formula is C4H12CaO. The minimum Gasteiger partial charge on any atom is -1.00 e. The molecule has 1 saturated heterocycles. The maximum absolute atomic E-state index is 4.94. The molecule has 1 heterocycles. The van der Waals surface area contributed by atoms with Gasteiger partial charge in [-0.15, -0.1) is 0 Å². The predicted octanol–water partition coefficient (Wildman–Crippen LogP) is 0.887. The van der Waals surface area contributed by atoms with E-state index in [4.69, 9.17) is 4.74 Å². The van der Waals surface area contributed by atoms with E-state index in [1.807, 2.05) is 0 Å². The first kappa shape index (κ1) is 7.22. The van der Waals surface area contributed by atoms with E-state index < -0.39 is 0 Å². The van der Waals surface area contributed by atoms with Gasteiger partial charge in [0.05, 0.1) is 0 Å². The van der Waals surface area contributed by atoms with E-state index in [-0.39, 0.29) is 42.0 Å². The molecule has 0 amide bonds. The Morgan fingerprint density at radius 1 is 1.33 bits per heavy atom. The number of rotatable bonds is 0. The van der Waals surface area contributed by atoms with Gasteiger partial charge in [-0.05, 0) is 12.8 Å². The van der Waals surface area contributed by atoms with Crippen LogP contribution < -0.4 is 0 Å².